The van der Waals surface area contributed by atoms with Crippen LogP contribution >= 0.6 is 11.6 Å². The van der Waals surface area contributed by atoms with Crippen molar-refractivity contribution < 1.29 is 9.47 Å². The summed E-state index contributed by atoms with van der Waals surface area (Å²) >= 11 is 6.01. The Morgan fingerprint density at radius 2 is 2.00 bits per heavy atom. The Hall–Kier alpha value is -1.62. The molecule has 0 aliphatic carbocycles. The second-order valence-electron chi connectivity index (χ2n) is 5.20. The molecule has 2 heterocycles. The first-order valence-electron chi connectivity index (χ1n) is 7.46. The normalized spacial score (nSPS) is 15.7. The van der Waals surface area contributed by atoms with Crippen molar-refractivity contribution >= 4 is 11.6 Å². The summed E-state index contributed by atoms with van der Waals surface area (Å²) in [6, 6.07) is 11.6. The molecule has 0 saturated carbocycles. The van der Waals surface area contributed by atoms with Crippen molar-refractivity contribution in [2.75, 3.05) is 39.5 Å². The summed E-state index contributed by atoms with van der Waals surface area (Å²) in [5.41, 5.74) is 2.09. The number of aromatic nitrogens is 1. The monoisotopic (exact) mass is 318 g/mol. The fraction of sp³-hybridized carbons (Fsp3) is 0.353. The average molecular weight is 319 g/mol. The maximum absolute atomic E-state index is 6.01. The molecule has 116 valence electrons. The summed E-state index contributed by atoms with van der Waals surface area (Å²) in [4.78, 5) is 6.70. The lowest BCUT2D eigenvalue weighted by molar-refractivity contribution is 0.0320. The molecule has 1 aromatic carbocycles. The Balaban J connectivity index is 1.53. The number of nitrogens with zero attached hydrogens (tertiary/aromatic N) is 2. The molecule has 1 aliphatic heterocycles. The van der Waals surface area contributed by atoms with Crippen molar-refractivity contribution in [2.24, 2.45) is 0 Å². The standard InChI is InChI=1S/C17H19ClN2O2/c18-16-3-1-2-14(12-16)15-4-5-17(19-13-15)22-11-8-20-6-9-21-10-7-20/h1-5,12-13H,6-11H2. The van der Waals surface area contributed by atoms with Crippen molar-refractivity contribution in [1.82, 2.24) is 9.88 Å². The van der Waals surface area contributed by atoms with Crippen molar-refractivity contribution in [3.8, 4) is 17.0 Å². The minimum Gasteiger partial charge on any atom is -0.476 e. The van der Waals surface area contributed by atoms with Gasteiger partial charge in [-0.3, -0.25) is 4.90 Å². The molecule has 22 heavy (non-hydrogen) atoms. The molecule has 0 unspecified atom stereocenters. The maximum atomic E-state index is 6.01. The van der Waals surface area contributed by atoms with E-state index >= 15 is 0 Å². The van der Waals surface area contributed by atoms with Crippen LogP contribution in [0, 0.1) is 0 Å². The van der Waals surface area contributed by atoms with Crippen LogP contribution in [-0.4, -0.2) is 49.3 Å². The molecule has 1 fully saturated rings. The maximum Gasteiger partial charge on any atom is 0.213 e. The summed E-state index contributed by atoms with van der Waals surface area (Å²) in [5.74, 6) is 0.652. The lowest BCUT2D eigenvalue weighted by atomic mass is 10.1. The van der Waals surface area contributed by atoms with Crippen LogP contribution in [0.5, 0.6) is 5.88 Å². The van der Waals surface area contributed by atoms with Gasteiger partial charge in [0, 0.05) is 42.5 Å². The number of hydrogen-bond acceptors (Lipinski definition) is 4. The minimum absolute atomic E-state index is 0.642. The van der Waals surface area contributed by atoms with Gasteiger partial charge in [0.25, 0.3) is 0 Å². The highest BCUT2D eigenvalue weighted by atomic mass is 35.5. The third-order valence-corrected chi connectivity index (χ3v) is 3.89. The molecular formula is C17H19ClN2O2. The van der Waals surface area contributed by atoms with Crippen LogP contribution in [0.2, 0.25) is 5.02 Å². The molecule has 0 spiro atoms. The molecule has 0 N–H and O–H groups in total. The van der Waals surface area contributed by atoms with E-state index in [1.165, 1.54) is 0 Å². The predicted molar refractivity (Wildman–Crippen MR) is 87.4 cm³/mol. The molecule has 2 aromatic rings. The third kappa shape index (κ3) is 4.19. The molecule has 0 atom stereocenters. The number of ether oxygens (including phenoxy) is 2. The molecule has 0 radical (unpaired) electrons. The highest BCUT2D eigenvalue weighted by Gasteiger charge is 2.09. The van der Waals surface area contributed by atoms with Gasteiger partial charge in [-0.2, -0.15) is 0 Å². The van der Waals surface area contributed by atoms with Gasteiger partial charge in [-0.05, 0) is 23.8 Å². The fourth-order valence-corrected chi connectivity index (χ4v) is 2.60. The third-order valence-electron chi connectivity index (χ3n) is 3.66. The number of rotatable bonds is 5. The summed E-state index contributed by atoms with van der Waals surface area (Å²) in [7, 11) is 0. The first-order valence-corrected chi connectivity index (χ1v) is 7.84. The van der Waals surface area contributed by atoms with Crippen LogP contribution in [0.1, 0.15) is 0 Å². The molecular weight excluding hydrogens is 300 g/mol. The highest BCUT2D eigenvalue weighted by molar-refractivity contribution is 6.30. The van der Waals surface area contributed by atoms with Crippen molar-refractivity contribution in [1.29, 1.82) is 0 Å². The molecule has 0 bridgehead atoms. The van der Waals surface area contributed by atoms with Gasteiger partial charge in [0.2, 0.25) is 5.88 Å². The van der Waals surface area contributed by atoms with Gasteiger partial charge < -0.3 is 9.47 Å². The van der Waals surface area contributed by atoms with E-state index in [1.807, 2.05) is 42.6 Å². The van der Waals surface area contributed by atoms with Crippen LogP contribution in [0.15, 0.2) is 42.6 Å². The number of pyridine rings is 1. The Labute approximate surface area is 135 Å². The molecule has 1 aromatic heterocycles. The van der Waals surface area contributed by atoms with Crippen molar-refractivity contribution in [3.05, 3.63) is 47.6 Å². The van der Waals surface area contributed by atoms with Crippen LogP contribution in [0.25, 0.3) is 11.1 Å². The lowest BCUT2D eigenvalue weighted by Crippen LogP contribution is -2.38. The molecule has 0 amide bonds. The average Bonchev–Trinajstić information content (AvgIpc) is 2.56. The second-order valence-corrected chi connectivity index (χ2v) is 5.63. The topological polar surface area (TPSA) is 34.6 Å². The van der Waals surface area contributed by atoms with Gasteiger partial charge in [0.05, 0.1) is 13.2 Å². The van der Waals surface area contributed by atoms with Gasteiger partial charge in [-0.1, -0.05) is 23.7 Å². The Morgan fingerprint density at radius 3 is 2.73 bits per heavy atom. The van der Waals surface area contributed by atoms with Crippen LogP contribution in [-0.2, 0) is 4.74 Å². The largest absolute Gasteiger partial charge is 0.476 e. The summed E-state index contributed by atoms with van der Waals surface area (Å²) < 4.78 is 11.0. The number of benzene rings is 1. The molecule has 1 aliphatic rings. The van der Waals surface area contributed by atoms with E-state index in [0.717, 1.165) is 49.0 Å². The first kappa shape index (κ1) is 15.3. The number of morpholine rings is 1. The van der Waals surface area contributed by atoms with Crippen LogP contribution < -0.4 is 4.74 Å². The minimum atomic E-state index is 0.642. The van der Waals surface area contributed by atoms with Crippen LogP contribution in [0.4, 0.5) is 0 Å². The van der Waals surface area contributed by atoms with E-state index in [4.69, 9.17) is 21.1 Å². The second kappa shape index (κ2) is 7.58. The zero-order chi connectivity index (χ0) is 15.2. The van der Waals surface area contributed by atoms with Gasteiger partial charge in [-0.15, -0.1) is 0 Å². The van der Waals surface area contributed by atoms with Gasteiger partial charge in [-0.25, -0.2) is 4.98 Å². The summed E-state index contributed by atoms with van der Waals surface area (Å²) in [5, 5.41) is 0.725. The number of hydrogen-bond donors (Lipinski definition) is 0. The van der Waals surface area contributed by atoms with E-state index in [-0.39, 0.29) is 0 Å². The predicted octanol–water partition coefficient (Wildman–Crippen LogP) is 3.11. The van der Waals surface area contributed by atoms with E-state index < -0.39 is 0 Å². The van der Waals surface area contributed by atoms with Crippen LogP contribution in [0.3, 0.4) is 0 Å². The summed E-state index contributed by atoms with van der Waals surface area (Å²) in [6.45, 7) is 5.12. The molecule has 4 nitrogen and oxygen atoms in total. The van der Waals surface area contributed by atoms with Crippen molar-refractivity contribution in [3.63, 3.8) is 0 Å². The van der Waals surface area contributed by atoms with E-state index in [0.29, 0.717) is 12.5 Å². The van der Waals surface area contributed by atoms with Crippen molar-refractivity contribution in [2.45, 2.75) is 0 Å². The Kier molecular flexibility index (Phi) is 5.27. The zero-order valence-corrected chi connectivity index (χ0v) is 13.1. The smallest absolute Gasteiger partial charge is 0.213 e. The SMILES string of the molecule is Clc1cccc(-c2ccc(OCCN3CCOCC3)nc2)c1. The Morgan fingerprint density at radius 1 is 1.14 bits per heavy atom. The first-order chi connectivity index (χ1) is 10.8. The van der Waals surface area contributed by atoms with E-state index in [2.05, 4.69) is 9.88 Å². The van der Waals surface area contributed by atoms with E-state index in [9.17, 15) is 0 Å². The highest BCUT2D eigenvalue weighted by Crippen LogP contribution is 2.23. The molecule has 1 saturated heterocycles. The Bertz CT molecular complexity index is 598. The zero-order valence-electron chi connectivity index (χ0n) is 12.4. The van der Waals surface area contributed by atoms with Gasteiger partial charge in [0.1, 0.15) is 6.61 Å². The van der Waals surface area contributed by atoms with Gasteiger partial charge >= 0.3 is 0 Å². The summed E-state index contributed by atoms with van der Waals surface area (Å²) in [6.07, 6.45) is 1.82. The molecule has 5 heteroatoms. The fourth-order valence-electron chi connectivity index (χ4n) is 2.41. The quantitative estimate of drug-likeness (QED) is 0.848. The lowest BCUT2D eigenvalue weighted by Gasteiger charge is -2.26. The number of halogens is 1. The van der Waals surface area contributed by atoms with E-state index in [1.54, 1.807) is 0 Å². The molecule has 3 rings (SSSR count). The van der Waals surface area contributed by atoms with Gasteiger partial charge in [0.15, 0.2) is 0 Å².